The van der Waals surface area contributed by atoms with Gasteiger partial charge in [0.15, 0.2) is 0 Å². The third kappa shape index (κ3) is 5.10. The molecule has 1 unspecified atom stereocenters. The van der Waals surface area contributed by atoms with Crippen molar-refractivity contribution < 1.29 is 9.90 Å². The van der Waals surface area contributed by atoms with Gasteiger partial charge in [0.1, 0.15) is 17.6 Å². The summed E-state index contributed by atoms with van der Waals surface area (Å²) in [6.07, 6.45) is 3.14. The Labute approximate surface area is 177 Å². The van der Waals surface area contributed by atoms with Crippen molar-refractivity contribution in [1.82, 2.24) is 10.3 Å². The predicted molar refractivity (Wildman–Crippen MR) is 122 cm³/mol. The first-order chi connectivity index (χ1) is 14.6. The highest BCUT2D eigenvalue weighted by Gasteiger charge is 2.17. The van der Waals surface area contributed by atoms with Gasteiger partial charge in [-0.2, -0.15) is 0 Å². The molecule has 0 aliphatic rings. The fourth-order valence-corrected chi connectivity index (χ4v) is 3.35. The predicted octanol–water partition coefficient (Wildman–Crippen LogP) is 4.99. The SMILES string of the molecule is CNC(c1ccc(C)cc1)c1ccc2cccnc2c1O.O=CCc1ccccc1. The molecule has 0 bridgehead atoms. The van der Waals surface area contributed by atoms with E-state index in [-0.39, 0.29) is 11.8 Å². The van der Waals surface area contributed by atoms with E-state index in [0.29, 0.717) is 11.9 Å². The van der Waals surface area contributed by atoms with Crippen molar-refractivity contribution in [3.05, 3.63) is 107 Å². The Kier molecular flexibility index (Phi) is 7.30. The number of aldehydes is 1. The van der Waals surface area contributed by atoms with E-state index in [1.807, 2.05) is 61.6 Å². The average molecular weight is 399 g/mol. The maximum absolute atomic E-state index is 10.6. The number of rotatable bonds is 5. The number of phenolic OH excluding ortho intramolecular Hbond substituents is 1. The van der Waals surface area contributed by atoms with E-state index in [1.165, 1.54) is 5.56 Å². The van der Waals surface area contributed by atoms with Gasteiger partial charge in [-0.25, -0.2) is 0 Å². The smallest absolute Gasteiger partial charge is 0.146 e. The van der Waals surface area contributed by atoms with Gasteiger partial charge in [0.05, 0.1) is 6.04 Å². The molecule has 0 aliphatic carbocycles. The molecule has 1 aromatic heterocycles. The van der Waals surface area contributed by atoms with E-state index >= 15 is 0 Å². The summed E-state index contributed by atoms with van der Waals surface area (Å²) in [6.45, 7) is 2.07. The lowest BCUT2D eigenvalue weighted by Crippen LogP contribution is -2.17. The molecule has 4 heteroatoms. The van der Waals surface area contributed by atoms with Crippen LogP contribution >= 0.6 is 0 Å². The fraction of sp³-hybridized carbons (Fsp3) is 0.154. The minimum atomic E-state index is -0.0583. The summed E-state index contributed by atoms with van der Waals surface area (Å²) < 4.78 is 0. The summed E-state index contributed by atoms with van der Waals surface area (Å²) >= 11 is 0. The summed E-state index contributed by atoms with van der Waals surface area (Å²) in [7, 11) is 1.90. The van der Waals surface area contributed by atoms with Gasteiger partial charge in [0, 0.05) is 23.6 Å². The molecule has 0 radical (unpaired) electrons. The first-order valence-corrected chi connectivity index (χ1v) is 9.92. The number of fused-ring (bicyclic) bond motifs is 1. The summed E-state index contributed by atoms with van der Waals surface area (Å²) in [5, 5.41) is 14.8. The number of phenols is 1. The van der Waals surface area contributed by atoms with E-state index < -0.39 is 0 Å². The second-order valence-electron chi connectivity index (χ2n) is 7.07. The molecule has 4 aromatic rings. The van der Waals surface area contributed by atoms with Crippen molar-refractivity contribution in [3.8, 4) is 5.75 Å². The summed E-state index contributed by atoms with van der Waals surface area (Å²) in [4.78, 5) is 14.3. The van der Waals surface area contributed by atoms with Crippen LogP contribution < -0.4 is 5.32 Å². The minimum absolute atomic E-state index is 0.0583. The van der Waals surface area contributed by atoms with Crippen LogP contribution in [0.2, 0.25) is 0 Å². The quantitative estimate of drug-likeness (QED) is 0.465. The molecule has 0 spiro atoms. The number of aryl methyl sites for hydroxylation is 1. The van der Waals surface area contributed by atoms with Crippen LogP contribution in [0.5, 0.6) is 5.75 Å². The van der Waals surface area contributed by atoms with Crippen molar-refractivity contribution in [1.29, 1.82) is 0 Å². The van der Waals surface area contributed by atoms with E-state index in [4.69, 9.17) is 0 Å². The van der Waals surface area contributed by atoms with Crippen LogP contribution in [-0.4, -0.2) is 23.4 Å². The second-order valence-corrected chi connectivity index (χ2v) is 7.07. The van der Waals surface area contributed by atoms with Gasteiger partial charge in [-0.05, 0) is 31.2 Å². The van der Waals surface area contributed by atoms with Gasteiger partial charge in [-0.1, -0.05) is 78.4 Å². The Bertz CT molecular complexity index is 1090. The molecular formula is C26H26N2O2. The maximum atomic E-state index is 10.6. The third-order valence-electron chi connectivity index (χ3n) is 4.95. The third-order valence-corrected chi connectivity index (χ3v) is 4.95. The lowest BCUT2D eigenvalue weighted by atomic mass is 9.96. The van der Waals surface area contributed by atoms with Crippen LogP contribution in [0.3, 0.4) is 0 Å². The zero-order valence-corrected chi connectivity index (χ0v) is 17.2. The monoisotopic (exact) mass is 398 g/mol. The average Bonchev–Trinajstić information content (AvgIpc) is 2.78. The Hall–Kier alpha value is -3.50. The molecule has 4 nitrogen and oxygen atoms in total. The molecule has 3 aromatic carbocycles. The van der Waals surface area contributed by atoms with Gasteiger partial charge in [0.2, 0.25) is 0 Å². The zero-order chi connectivity index (χ0) is 21.3. The number of aromatic hydroxyl groups is 1. The molecule has 0 saturated heterocycles. The number of aromatic nitrogens is 1. The summed E-state index contributed by atoms with van der Waals surface area (Å²) in [5.41, 5.74) is 4.90. The van der Waals surface area contributed by atoms with E-state index in [0.717, 1.165) is 28.4 Å². The summed E-state index contributed by atoms with van der Waals surface area (Å²) in [6, 6.07) is 25.7. The highest BCUT2D eigenvalue weighted by atomic mass is 16.3. The number of nitrogens with one attached hydrogen (secondary N) is 1. The topological polar surface area (TPSA) is 62.2 Å². The second kappa shape index (κ2) is 10.3. The standard InChI is InChI=1S/C18H18N2O.C8H8O/c1-12-5-7-14(8-6-12)16(19-2)15-10-9-13-4-3-11-20-17(13)18(15)21;9-7-6-8-4-2-1-3-5-8/h3-11,16,19,21H,1-2H3;1-5,7H,6H2. The Morgan fingerprint density at radius 1 is 0.967 bits per heavy atom. The van der Waals surface area contributed by atoms with Crippen molar-refractivity contribution in [2.75, 3.05) is 7.05 Å². The van der Waals surface area contributed by atoms with Crippen LogP contribution in [0, 0.1) is 6.92 Å². The number of pyridine rings is 1. The highest BCUT2D eigenvalue weighted by molar-refractivity contribution is 5.85. The van der Waals surface area contributed by atoms with Crippen LogP contribution in [-0.2, 0) is 11.2 Å². The number of hydrogen-bond donors (Lipinski definition) is 2. The van der Waals surface area contributed by atoms with Gasteiger partial charge >= 0.3 is 0 Å². The maximum Gasteiger partial charge on any atom is 0.146 e. The van der Waals surface area contributed by atoms with Crippen LogP contribution in [0.1, 0.15) is 28.3 Å². The molecule has 0 saturated carbocycles. The molecule has 2 N–H and O–H groups in total. The Morgan fingerprint density at radius 3 is 2.37 bits per heavy atom. The van der Waals surface area contributed by atoms with Crippen LogP contribution in [0.15, 0.2) is 85.1 Å². The first kappa shape index (κ1) is 21.2. The van der Waals surface area contributed by atoms with Crippen molar-refractivity contribution in [3.63, 3.8) is 0 Å². The van der Waals surface area contributed by atoms with Crippen molar-refractivity contribution in [2.24, 2.45) is 0 Å². The van der Waals surface area contributed by atoms with E-state index in [9.17, 15) is 9.90 Å². The normalized spacial score (nSPS) is 11.4. The first-order valence-electron chi connectivity index (χ1n) is 9.92. The van der Waals surface area contributed by atoms with Crippen LogP contribution in [0.4, 0.5) is 0 Å². The molecule has 0 fully saturated rings. The lowest BCUT2D eigenvalue weighted by molar-refractivity contribution is -0.107. The molecule has 152 valence electrons. The van der Waals surface area contributed by atoms with Crippen molar-refractivity contribution >= 4 is 17.2 Å². The van der Waals surface area contributed by atoms with Crippen molar-refractivity contribution in [2.45, 2.75) is 19.4 Å². The summed E-state index contributed by atoms with van der Waals surface area (Å²) in [5.74, 6) is 0.244. The molecule has 0 amide bonds. The number of carbonyl (C=O) groups excluding carboxylic acids is 1. The van der Waals surface area contributed by atoms with Gasteiger partial charge in [-0.3, -0.25) is 4.98 Å². The number of benzene rings is 3. The van der Waals surface area contributed by atoms with Gasteiger partial charge < -0.3 is 15.2 Å². The number of carbonyl (C=O) groups is 1. The molecular weight excluding hydrogens is 372 g/mol. The Morgan fingerprint density at radius 2 is 1.70 bits per heavy atom. The Balaban J connectivity index is 0.000000239. The van der Waals surface area contributed by atoms with Gasteiger partial charge in [0.25, 0.3) is 0 Å². The minimum Gasteiger partial charge on any atom is -0.505 e. The molecule has 30 heavy (non-hydrogen) atoms. The fourth-order valence-electron chi connectivity index (χ4n) is 3.35. The number of nitrogens with zero attached hydrogens (tertiary/aromatic N) is 1. The largest absolute Gasteiger partial charge is 0.505 e. The highest BCUT2D eigenvalue weighted by Crippen LogP contribution is 2.34. The molecule has 0 aliphatic heterocycles. The zero-order valence-electron chi connectivity index (χ0n) is 17.2. The lowest BCUT2D eigenvalue weighted by Gasteiger charge is -2.19. The molecule has 1 heterocycles. The molecule has 4 rings (SSSR count). The van der Waals surface area contributed by atoms with Gasteiger partial charge in [-0.15, -0.1) is 0 Å². The van der Waals surface area contributed by atoms with E-state index in [2.05, 4.69) is 41.5 Å². The van der Waals surface area contributed by atoms with Crippen LogP contribution in [0.25, 0.3) is 10.9 Å². The molecule has 1 atom stereocenters. The number of hydrogen-bond acceptors (Lipinski definition) is 4. The van der Waals surface area contributed by atoms with E-state index in [1.54, 1.807) is 6.20 Å².